The maximum Gasteiger partial charge on any atom is 0.233 e. The van der Waals surface area contributed by atoms with Crippen LogP contribution in [0.2, 0.25) is 0 Å². The molecule has 1 fully saturated rings. The van der Waals surface area contributed by atoms with Crippen LogP contribution in [0.1, 0.15) is 24.4 Å². The fourth-order valence-corrected chi connectivity index (χ4v) is 2.90. The molecule has 1 amide bonds. The van der Waals surface area contributed by atoms with Crippen molar-refractivity contribution in [2.75, 3.05) is 12.8 Å². The summed E-state index contributed by atoms with van der Waals surface area (Å²) in [6.07, 6.45) is 2.25. The molecular weight excluding hydrogens is 286 g/mol. The average Bonchev–Trinajstić information content (AvgIpc) is 3.24. The highest BCUT2D eigenvalue weighted by Gasteiger charge is 2.28. The van der Waals surface area contributed by atoms with E-state index in [1.165, 1.54) is 11.8 Å². The van der Waals surface area contributed by atoms with Crippen LogP contribution in [-0.4, -0.2) is 43.8 Å². The molecule has 1 aromatic heterocycles. The van der Waals surface area contributed by atoms with E-state index < -0.39 is 0 Å². The van der Waals surface area contributed by atoms with Crippen molar-refractivity contribution in [2.45, 2.75) is 30.6 Å². The number of benzene rings is 1. The molecule has 110 valence electrons. The standard InChI is InChI=1S/C14H17N5OS/c1-18(9-11-5-3-2-4-6-11)13(20)10-21-14-15-16-17-19(14)12-7-8-12/h2-6,12H,7-10H2,1H3. The predicted molar refractivity (Wildman–Crippen MR) is 79.7 cm³/mol. The minimum atomic E-state index is 0.0780. The van der Waals surface area contributed by atoms with Gasteiger partial charge in [-0.25, -0.2) is 4.68 Å². The van der Waals surface area contributed by atoms with E-state index in [4.69, 9.17) is 0 Å². The summed E-state index contributed by atoms with van der Waals surface area (Å²) in [5, 5.41) is 12.4. The summed E-state index contributed by atoms with van der Waals surface area (Å²) in [6, 6.07) is 10.4. The van der Waals surface area contributed by atoms with Crippen molar-refractivity contribution >= 4 is 17.7 Å². The van der Waals surface area contributed by atoms with Crippen LogP contribution in [0, 0.1) is 0 Å². The van der Waals surface area contributed by atoms with Crippen molar-refractivity contribution in [1.29, 1.82) is 0 Å². The number of amides is 1. The van der Waals surface area contributed by atoms with E-state index in [-0.39, 0.29) is 5.91 Å². The molecule has 0 radical (unpaired) electrons. The number of hydrogen-bond donors (Lipinski definition) is 0. The van der Waals surface area contributed by atoms with E-state index >= 15 is 0 Å². The van der Waals surface area contributed by atoms with Crippen molar-refractivity contribution in [3.63, 3.8) is 0 Å². The number of tetrazole rings is 1. The van der Waals surface area contributed by atoms with E-state index in [2.05, 4.69) is 15.5 Å². The summed E-state index contributed by atoms with van der Waals surface area (Å²) in [4.78, 5) is 13.9. The summed E-state index contributed by atoms with van der Waals surface area (Å²) in [7, 11) is 1.82. The molecule has 1 aliphatic rings. The average molecular weight is 303 g/mol. The zero-order chi connectivity index (χ0) is 14.7. The Kier molecular flexibility index (Phi) is 4.19. The molecule has 7 heteroatoms. The third-order valence-corrected chi connectivity index (χ3v) is 4.29. The second kappa shape index (κ2) is 6.26. The second-order valence-corrected chi connectivity index (χ2v) is 6.10. The van der Waals surface area contributed by atoms with Gasteiger partial charge >= 0.3 is 0 Å². The Morgan fingerprint density at radius 2 is 2.14 bits per heavy atom. The molecule has 1 aliphatic carbocycles. The third-order valence-electron chi connectivity index (χ3n) is 3.37. The Bertz CT molecular complexity index is 611. The molecule has 6 nitrogen and oxygen atoms in total. The smallest absolute Gasteiger partial charge is 0.233 e. The van der Waals surface area contributed by atoms with Gasteiger partial charge < -0.3 is 4.90 Å². The molecule has 0 bridgehead atoms. The maximum atomic E-state index is 12.2. The first-order valence-electron chi connectivity index (χ1n) is 6.92. The third kappa shape index (κ3) is 3.60. The lowest BCUT2D eigenvalue weighted by Gasteiger charge is -2.16. The van der Waals surface area contributed by atoms with Crippen LogP contribution >= 0.6 is 11.8 Å². The highest BCUT2D eigenvalue weighted by atomic mass is 32.2. The Balaban J connectivity index is 1.52. The first-order chi connectivity index (χ1) is 10.2. The van der Waals surface area contributed by atoms with Gasteiger partial charge in [0, 0.05) is 13.6 Å². The van der Waals surface area contributed by atoms with Crippen LogP contribution in [0.25, 0.3) is 0 Å². The summed E-state index contributed by atoms with van der Waals surface area (Å²) < 4.78 is 1.83. The SMILES string of the molecule is CN(Cc1ccccc1)C(=O)CSc1nnnn1C1CC1. The lowest BCUT2D eigenvalue weighted by atomic mass is 10.2. The molecule has 0 saturated heterocycles. The quantitative estimate of drug-likeness (QED) is 0.761. The van der Waals surface area contributed by atoms with Crippen LogP contribution in [0.4, 0.5) is 0 Å². The van der Waals surface area contributed by atoms with Gasteiger partial charge in [0.2, 0.25) is 11.1 Å². The number of thioether (sulfide) groups is 1. The monoisotopic (exact) mass is 303 g/mol. The molecule has 0 spiro atoms. The van der Waals surface area contributed by atoms with Crippen LogP contribution in [0.3, 0.4) is 0 Å². The fourth-order valence-electron chi connectivity index (χ4n) is 2.01. The van der Waals surface area contributed by atoms with Gasteiger partial charge in [-0.2, -0.15) is 0 Å². The molecule has 0 N–H and O–H groups in total. The maximum absolute atomic E-state index is 12.2. The molecule has 1 heterocycles. The summed E-state index contributed by atoms with van der Waals surface area (Å²) in [5.74, 6) is 0.436. The van der Waals surface area contributed by atoms with Gasteiger partial charge in [0.25, 0.3) is 0 Å². The van der Waals surface area contributed by atoms with Crippen molar-refractivity contribution in [3.05, 3.63) is 35.9 Å². The van der Waals surface area contributed by atoms with E-state index in [1.54, 1.807) is 4.90 Å². The van der Waals surface area contributed by atoms with Crippen molar-refractivity contribution < 1.29 is 4.79 Å². The highest BCUT2D eigenvalue weighted by Crippen LogP contribution is 2.36. The molecule has 21 heavy (non-hydrogen) atoms. The normalized spacial score (nSPS) is 14.1. The lowest BCUT2D eigenvalue weighted by molar-refractivity contribution is -0.127. The molecule has 0 aliphatic heterocycles. The Labute approximate surface area is 127 Å². The number of carbonyl (C=O) groups excluding carboxylic acids is 1. The van der Waals surface area contributed by atoms with Gasteiger partial charge in [-0.15, -0.1) is 5.10 Å². The van der Waals surface area contributed by atoms with Crippen LogP contribution in [0.5, 0.6) is 0 Å². The van der Waals surface area contributed by atoms with Crippen molar-refractivity contribution in [2.24, 2.45) is 0 Å². The second-order valence-electron chi connectivity index (χ2n) is 5.16. The minimum Gasteiger partial charge on any atom is -0.341 e. The zero-order valence-electron chi connectivity index (χ0n) is 11.8. The molecule has 0 unspecified atom stereocenters. The zero-order valence-corrected chi connectivity index (χ0v) is 12.7. The van der Waals surface area contributed by atoms with Crippen molar-refractivity contribution in [3.8, 4) is 0 Å². The van der Waals surface area contributed by atoms with Gasteiger partial charge in [-0.3, -0.25) is 4.79 Å². The Hall–Kier alpha value is -1.89. The largest absolute Gasteiger partial charge is 0.341 e. The minimum absolute atomic E-state index is 0.0780. The van der Waals surface area contributed by atoms with Gasteiger partial charge in [-0.05, 0) is 28.8 Å². The van der Waals surface area contributed by atoms with E-state index in [9.17, 15) is 4.79 Å². The molecular formula is C14H17N5OS. The Morgan fingerprint density at radius 1 is 1.38 bits per heavy atom. The number of rotatable bonds is 6. The first-order valence-corrected chi connectivity index (χ1v) is 7.91. The summed E-state index contributed by atoms with van der Waals surface area (Å²) >= 11 is 1.40. The molecule has 1 saturated carbocycles. The van der Waals surface area contributed by atoms with Crippen LogP contribution in [0.15, 0.2) is 35.5 Å². The molecule has 3 rings (SSSR count). The molecule has 0 atom stereocenters. The van der Waals surface area contributed by atoms with Gasteiger partial charge in [0.15, 0.2) is 0 Å². The van der Waals surface area contributed by atoms with Crippen LogP contribution in [-0.2, 0) is 11.3 Å². The topological polar surface area (TPSA) is 63.9 Å². The molecule has 1 aromatic carbocycles. The first kappa shape index (κ1) is 14.1. The number of nitrogens with zero attached hydrogens (tertiary/aromatic N) is 5. The fraction of sp³-hybridized carbons (Fsp3) is 0.429. The van der Waals surface area contributed by atoms with E-state index in [1.807, 2.05) is 42.1 Å². The van der Waals surface area contributed by atoms with Crippen LogP contribution < -0.4 is 0 Å². The van der Waals surface area contributed by atoms with Gasteiger partial charge in [0.05, 0.1) is 11.8 Å². The van der Waals surface area contributed by atoms with E-state index in [0.717, 1.165) is 23.6 Å². The Morgan fingerprint density at radius 3 is 2.86 bits per heavy atom. The molecule has 2 aromatic rings. The number of carbonyl (C=O) groups is 1. The van der Waals surface area contributed by atoms with Crippen molar-refractivity contribution in [1.82, 2.24) is 25.1 Å². The number of aromatic nitrogens is 4. The predicted octanol–water partition coefficient (Wildman–Crippen LogP) is 1.76. The highest BCUT2D eigenvalue weighted by molar-refractivity contribution is 7.99. The van der Waals surface area contributed by atoms with E-state index in [0.29, 0.717) is 18.3 Å². The summed E-state index contributed by atoms with van der Waals surface area (Å²) in [6.45, 7) is 0.619. The van der Waals surface area contributed by atoms with Gasteiger partial charge in [0.1, 0.15) is 0 Å². The lowest BCUT2D eigenvalue weighted by Crippen LogP contribution is -2.27. The number of hydrogen-bond acceptors (Lipinski definition) is 5. The van der Waals surface area contributed by atoms with Gasteiger partial charge in [-0.1, -0.05) is 42.1 Å². The summed E-state index contributed by atoms with van der Waals surface area (Å²) in [5.41, 5.74) is 1.13.